The molecule has 0 spiro atoms. The second kappa shape index (κ2) is 7.20. The molecular formula is C17H24Cl2N2O. The first kappa shape index (κ1) is 17.6. The van der Waals surface area contributed by atoms with E-state index in [1.165, 1.54) is 5.56 Å². The zero-order valence-corrected chi connectivity index (χ0v) is 14.3. The molecule has 0 saturated heterocycles. The molecular weight excluding hydrogens is 319 g/mol. The average Bonchev–Trinajstić information content (AvgIpc) is 3.26. The third kappa shape index (κ3) is 3.95. The molecule has 0 bridgehead atoms. The summed E-state index contributed by atoms with van der Waals surface area (Å²) >= 11 is 6.08. The fraction of sp³-hybridized carbons (Fsp3) is 0.588. The Labute approximate surface area is 143 Å². The van der Waals surface area contributed by atoms with Crippen molar-refractivity contribution >= 4 is 29.9 Å². The first-order chi connectivity index (χ1) is 10.1. The van der Waals surface area contributed by atoms with Gasteiger partial charge in [-0.25, -0.2) is 0 Å². The van der Waals surface area contributed by atoms with E-state index in [0.29, 0.717) is 0 Å². The lowest BCUT2D eigenvalue weighted by atomic mass is 9.85. The minimum Gasteiger partial charge on any atom is -0.355 e. The number of carbonyl (C=O) groups is 1. The van der Waals surface area contributed by atoms with Gasteiger partial charge in [-0.2, -0.15) is 0 Å². The molecule has 122 valence electrons. The highest BCUT2D eigenvalue weighted by molar-refractivity contribution is 6.30. The standard InChI is InChI=1S/C17H23ClN2O.ClH/c18-14-5-2-4-13(10-14)17(7-8-17)11-20-16(21)12-3-1-6-15(19)9-12;/h2,4-5,10,12,15H,1,3,6-9,11,19H2,(H,20,21);1H. The minimum absolute atomic E-state index is 0. The van der Waals surface area contributed by atoms with Crippen LogP contribution in [-0.2, 0) is 10.2 Å². The Morgan fingerprint density at radius 1 is 1.36 bits per heavy atom. The fourth-order valence-corrected chi connectivity index (χ4v) is 3.59. The summed E-state index contributed by atoms with van der Waals surface area (Å²) in [6.07, 6.45) is 6.17. The van der Waals surface area contributed by atoms with Crippen LogP contribution in [0.15, 0.2) is 24.3 Å². The SMILES string of the molecule is Cl.NC1CCCC(C(=O)NCC2(c3cccc(Cl)c3)CC2)C1. The molecule has 0 heterocycles. The van der Waals surface area contributed by atoms with Crippen molar-refractivity contribution in [2.75, 3.05) is 6.54 Å². The van der Waals surface area contributed by atoms with Crippen molar-refractivity contribution in [1.82, 2.24) is 5.32 Å². The normalized spacial score (nSPS) is 25.9. The van der Waals surface area contributed by atoms with Gasteiger partial charge in [-0.3, -0.25) is 4.79 Å². The van der Waals surface area contributed by atoms with Gasteiger partial charge in [-0.15, -0.1) is 12.4 Å². The number of halogens is 2. The maximum atomic E-state index is 12.3. The van der Waals surface area contributed by atoms with Crippen molar-refractivity contribution in [1.29, 1.82) is 0 Å². The maximum Gasteiger partial charge on any atom is 0.223 e. The van der Waals surface area contributed by atoms with E-state index >= 15 is 0 Å². The number of hydrogen-bond acceptors (Lipinski definition) is 2. The Balaban J connectivity index is 0.00000176. The number of carbonyl (C=O) groups excluding carboxylic acids is 1. The number of benzene rings is 1. The monoisotopic (exact) mass is 342 g/mol. The average molecular weight is 343 g/mol. The third-order valence-electron chi connectivity index (χ3n) is 4.98. The molecule has 1 amide bonds. The van der Waals surface area contributed by atoms with Gasteiger partial charge >= 0.3 is 0 Å². The highest BCUT2D eigenvalue weighted by Crippen LogP contribution is 2.48. The van der Waals surface area contributed by atoms with Crippen molar-refractivity contribution in [2.45, 2.75) is 50.0 Å². The Morgan fingerprint density at radius 2 is 2.14 bits per heavy atom. The van der Waals surface area contributed by atoms with E-state index in [0.717, 1.165) is 50.1 Å². The molecule has 1 aromatic carbocycles. The van der Waals surface area contributed by atoms with Gasteiger partial charge < -0.3 is 11.1 Å². The van der Waals surface area contributed by atoms with E-state index in [2.05, 4.69) is 11.4 Å². The Hall–Kier alpha value is -0.770. The molecule has 3 nitrogen and oxygen atoms in total. The van der Waals surface area contributed by atoms with E-state index in [1.54, 1.807) is 0 Å². The fourth-order valence-electron chi connectivity index (χ4n) is 3.40. The number of nitrogens with two attached hydrogens (primary N) is 1. The van der Waals surface area contributed by atoms with Crippen molar-refractivity contribution < 1.29 is 4.79 Å². The van der Waals surface area contributed by atoms with Crippen LogP contribution in [0.4, 0.5) is 0 Å². The van der Waals surface area contributed by atoms with Crippen molar-refractivity contribution in [2.24, 2.45) is 11.7 Å². The maximum absolute atomic E-state index is 12.3. The van der Waals surface area contributed by atoms with Crippen LogP contribution >= 0.6 is 24.0 Å². The van der Waals surface area contributed by atoms with Crippen molar-refractivity contribution in [3.05, 3.63) is 34.9 Å². The summed E-state index contributed by atoms with van der Waals surface area (Å²) in [5.41, 5.74) is 7.32. The molecule has 2 fully saturated rings. The van der Waals surface area contributed by atoms with Gasteiger partial charge in [-0.1, -0.05) is 30.2 Å². The summed E-state index contributed by atoms with van der Waals surface area (Å²) in [6, 6.07) is 8.21. The summed E-state index contributed by atoms with van der Waals surface area (Å²) in [7, 11) is 0. The Bertz CT molecular complexity index is 531. The van der Waals surface area contributed by atoms with Crippen LogP contribution < -0.4 is 11.1 Å². The molecule has 2 aliphatic carbocycles. The first-order valence-corrected chi connectivity index (χ1v) is 8.26. The van der Waals surface area contributed by atoms with Crippen LogP contribution in [0.1, 0.15) is 44.1 Å². The van der Waals surface area contributed by atoms with Crippen LogP contribution in [0.3, 0.4) is 0 Å². The van der Waals surface area contributed by atoms with Crippen molar-refractivity contribution in [3.8, 4) is 0 Å². The molecule has 0 radical (unpaired) electrons. The number of rotatable bonds is 4. The zero-order chi connectivity index (χ0) is 14.9. The molecule has 22 heavy (non-hydrogen) atoms. The van der Waals surface area contributed by atoms with Crippen LogP contribution in [0.25, 0.3) is 0 Å². The topological polar surface area (TPSA) is 55.1 Å². The highest BCUT2D eigenvalue weighted by atomic mass is 35.5. The van der Waals surface area contributed by atoms with E-state index in [4.69, 9.17) is 17.3 Å². The lowest BCUT2D eigenvalue weighted by Gasteiger charge is -2.26. The quantitative estimate of drug-likeness (QED) is 0.880. The predicted octanol–water partition coefficient (Wildman–Crippen LogP) is 3.43. The van der Waals surface area contributed by atoms with Gasteiger partial charge in [-0.05, 0) is 49.8 Å². The summed E-state index contributed by atoms with van der Waals surface area (Å²) in [5, 5.41) is 3.92. The minimum atomic E-state index is 0. The number of amides is 1. The first-order valence-electron chi connectivity index (χ1n) is 7.88. The third-order valence-corrected chi connectivity index (χ3v) is 5.21. The van der Waals surface area contributed by atoms with Gasteiger partial charge in [0.1, 0.15) is 0 Å². The smallest absolute Gasteiger partial charge is 0.223 e. The van der Waals surface area contributed by atoms with Crippen LogP contribution in [-0.4, -0.2) is 18.5 Å². The summed E-state index contributed by atoms with van der Waals surface area (Å²) in [4.78, 5) is 12.3. The lowest BCUT2D eigenvalue weighted by Crippen LogP contribution is -2.40. The molecule has 2 unspecified atom stereocenters. The predicted molar refractivity (Wildman–Crippen MR) is 92.6 cm³/mol. The molecule has 0 aromatic heterocycles. The summed E-state index contributed by atoms with van der Waals surface area (Å²) in [6.45, 7) is 0.720. The van der Waals surface area contributed by atoms with Crippen LogP contribution in [0.5, 0.6) is 0 Å². The Kier molecular flexibility index (Phi) is 5.76. The van der Waals surface area contributed by atoms with Gasteiger partial charge in [0.05, 0.1) is 0 Å². The molecule has 2 saturated carbocycles. The highest BCUT2D eigenvalue weighted by Gasteiger charge is 2.44. The second-order valence-corrected chi connectivity index (χ2v) is 7.07. The van der Waals surface area contributed by atoms with Gasteiger partial charge in [0.25, 0.3) is 0 Å². The van der Waals surface area contributed by atoms with E-state index < -0.39 is 0 Å². The molecule has 5 heteroatoms. The summed E-state index contributed by atoms with van der Waals surface area (Å²) in [5.74, 6) is 0.280. The van der Waals surface area contributed by atoms with Crippen molar-refractivity contribution in [3.63, 3.8) is 0 Å². The lowest BCUT2D eigenvalue weighted by molar-refractivity contribution is -0.126. The number of nitrogens with one attached hydrogen (secondary N) is 1. The molecule has 2 aliphatic rings. The molecule has 3 N–H and O–H groups in total. The second-order valence-electron chi connectivity index (χ2n) is 6.63. The van der Waals surface area contributed by atoms with Crippen LogP contribution in [0, 0.1) is 5.92 Å². The van der Waals surface area contributed by atoms with E-state index in [1.807, 2.05) is 18.2 Å². The Morgan fingerprint density at radius 3 is 2.77 bits per heavy atom. The van der Waals surface area contributed by atoms with Gasteiger partial charge in [0.15, 0.2) is 0 Å². The summed E-state index contributed by atoms with van der Waals surface area (Å²) < 4.78 is 0. The van der Waals surface area contributed by atoms with Gasteiger partial charge in [0.2, 0.25) is 5.91 Å². The van der Waals surface area contributed by atoms with Gasteiger partial charge in [0, 0.05) is 28.9 Å². The molecule has 1 aromatic rings. The van der Waals surface area contributed by atoms with Crippen LogP contribution in [0.2, 0.25) is 5.02 Å². The zero-order valence-electron chi connectivity index (χ0n) is 12.7. The largest absolute Gasteiger partial charge is 0.355 e. The van der Waals surface area contributed by atoms with E-state index in [-0.39, 0.29) is 35.7 Å². The van der Waals surface area contributed by atoms with E-state index in [9.17, 15) is 4.79 Å². The molecule has 2 atom stereocenters. The molecule has 3 rings (SSSR count). The number of hydrogen-bond donors (Lipinski definition) is 2. The molecule has 0 aliphatic heterocycles.